The zero-order chi connectivity index (χ0) is 15.4. The SMILES string of the molecule is COCCn1c(CCl)nnc1-c1ccc(Cl)cc1[N+](=O)[O-]. The number of aromatic nitrogens is 3. The molecule has 0 fully saturated rings. The molecule has 0 N–H and O–H groups in total. The van der Waals surface area contributed by atoms with Crippen molar-refractivity contribution in [2.75, 3.05) is 13.7 Å². The molecule has 7 nitrogen and oxygen atoms in total. The van der Waals surface area contributed by atoms with Crippen molar-refractivity contribution in [3.63, 3.8) is 0 Å². The van der Waals surface area contributed by atoms with Gasteiger partial charge in [-0.15, -0.1) is 21.8 Å². The predicted octanol–water partition coefficient (Wildman–Crippen LogP) is 2.89. The standard InChI is InChI=1S/C12H12Cl2N4O3/c1-21-5-4-17-11(7-13)15-16-12(17)9-3-2-8(14)6-10(9)18(19)20/h2-3,6H,4-5,7H2,1H3. The second-order valence-corrected chi connectivity index (χ2v) is 4.84. The molecule has 2 rings (SSSR count). The number of nitrogens with zero attached hydrogens (tertiary/aromatic N) is 4. The number of ether oxygens (including phenoxy) is 1. The maximum atomic E-state index is 11.2. The number of hydrogen-bond donors (Lipinski definition) is 0. The van der Waals surface area contributed by atoms with Gasteiger partial charge in [0.15, 0.2) is 5.82 Å². The van der Waals surface area contributed by atoms with Crippen LogP contribution in [0.1, 0.15) is 5.82 Å². The van der Waals surface area contributed by atoms with Crippen LogP contribution in [0.2, 0.25) is 5.02 Å². The van der Waals surface area contributed by atoms with Crippen molar-refractivity contribution in [3.8, 4) is 11.4 Å². The fraction of sp³-hybridized carbons (Fsp3) is 0.333. The number of rotatable bonds is 6. The summed E-state index contributed by atoms with van der Waals surface area (Å²) in [5, 5.41) is 19.4. The normalized spacial score (nSPS) is 10.8. The molecule has 1 aromatic carbocycles. The third-order valence-corrected chi connectivity index (χ3v) is 3.34. The molecule has 112 valence electrons. The van der Waals surface area contributed by atoms with Crippen LogP contribution in [0.25, 0.3) is 11.4 Å². The molecule has 0 saturated heterocycles. The summed E-state index contributed by atoms with van der Waals surface area (Å²) >= 11 is 11.6. The molecule has 1 heterocycles. The maximum Gasteiger partial charge on any atom is 0.281 e. The Balaban J connectivity index is 2.56. The monoisotopic (exact) mass is 330 g/mol. The van der Waals surface area contributed by atoms with Crippen LogP contribution in [0.5, 0.6) is 0 Å². The summed E-state index contributed by atoms with van der Waals surface area (Å²) in [5.74, 6) is 1.04. The minimum absolute atomic E-state index is 0.130. The lowest BCUT2D eigenvalue weighted by molar-refractivity contribution is -0.384. The van der Waals surface area contributed by atoms with E-state index < -0.39 is 4.92 Å². The molecule has 0 unspecified atom stereocenters. The highest BCUT2D eigenvalue weighted by atomic mass is 35.5. The lowest BCUT2D eigenvalue weighted by Gasteiger charge is -2.09. The van der Waals surface area contributed by atoms with E-state index in [1.807, 2.05) is 0 Å². The van der Waals surface area contributed by atoms with Gasteiger partial charge in [-0.05, 0) is 12.1 Å². The fourth-order valence-corrected chi connectivity index (χ4v) is 2.26. The number of nitro groups is 1. The minimum Gasteiger partial charge on any atom is -0.383 e. The molecule has 0 aliphatic heterocycles. The maximum absolute atomic E-state index is 11.2. The highest BCUT2D eigenvalue weighted by Gasteiger charge is 2.22. The van der Waals surface area contributed by atoms with E-state index in [0.29, 0.717) is 30.4 Å². The Morgan fingerprint density at radius 2 is 2.19 bits per heavy atom. The van der Waals surface area contributed by atoms with E-state index in [0.717, 1.165) is 0 Å². The van der Waals surface area contributed by atoms with Crippen molar-refractivity contribution >= 4 is 28.9 Å². The molecule has 0 amide bonds. The van der Waals surface area contributed by atoms with Gasteiger partial charge in [0.2, 0.25) is 0 Å². The molecule has 21 heavy (non-hydrogen) atoms. The molecule has 0 spiro atoms. The molecule has 9 heteroatoms. The topological polar surface area (TPSA) is 83.1 Å². The molecule has 2 aromatic rings. The molecule has 0 bridgehead atoms. The number of benzene rings is 1. The van der Waals surface area contributed by atoms with Crippen LogP contribution >= 0.6 is 23.2 Å². The first-order valence-electron chi connectivity index (χ1n) is 5.99. The number of hydrogen-bond acceptors (Lipinski definition) is 5. The fourth-order valence-electron chi connectivity index (χ4n) is 1.90. The van der Waals surface area contributed by atoms with Crippen LogP contribution in [0.3, 0.4) is 0 Å². The van der Waals surface area contributed by atoms with Crippen LogP contribution in [0.4, 0.5) is 5.69 Å². The van der Waals surface area contributed by atoms with Crippen LogP contribution in [-0.4, -0.2) is 33.4 Å². The molecule has 1 aromatic heterocycles. The van der Waals surface area contributed by atoms with E-state index in [9.17, 15) is 10.1 Å². The lowest BCUT2D eigenvalue weighted by atomic mass is 10.1. The van der Waals surface area contributed by atoms with E-state index in [4.69, 9.17) is 27.9 Å². The van der Waals surface area contributed by atoms with Gasteiger partial charge in [0.05, 0.1) is 23.0 Å². The van der Waals surface area contributed by atoms with Gasteiger partial charge < -0.3 is 9.30 Å². The van der Waals surface area contributed by atoms with Gasteiger partial charge in [-0.3, -0.25) is 10.1 Å². The summed E-state index contributed by atoms with van der Waals surface area (Å²) in [6, 6.07) is 4.40. The highest BCUT2D eigenvalue weighted by Crippen LogP contribution is 2.31. The van der Waals surface area contributed by atoms with E-state index in [-0.39, 0.29) is 16.6 Å². The Kier molecular flexibility index (Phi) is 5.11. The van der Waals surface area contributed by atoms with Crippen LogP contribution in [0, 0.1) is 10.1 Å². The van der Waals surface area contributed by atoms with Gasteiger partial charge in [-0.1, -0.05) is 11.6 Å². The van der Waals surface area contributed by atoms with Gasteiger partial charge in [-0.25, -0.2) is 0 Å². The van der Waals surface area contributed by atoms with Crippen molar-refractivity contribution in [1.29, 1.82) is 0 Å². The zero-order valence-electron chi connectivity index (χ0n) is 11.1. The van der Waals surface area contributed by atoms with E-state index >= 15 is 0 Å². The van der Waals surface area contributed by atoms with Crippen LogP contribution in [0.15, 0.2) is 18.2 Å². The Morgan fingerprint density at radius 3 is 2.81 bits per heavy atom. The Hall–Kier alpha value is -1.70. The summed E-state index contributed by atoms with van der Waals surface area (Å²) in [7, 11) is 1.56. The highest BCUT2D eigenvalue weighted by molar-refractivity contribution is 6.30. The van der Waals surface area contributed by atoms with Crippen LogP contribution < -0.4 is 0 Å². The second kappa shape index (κ2) is 6.84. The Bertz CT molecular complexity index is 660. The van der Waals surface area contributed by atoms with Crippen molar-refractivity contribution in [2.24, 2.45) is 0 Å². The predicted molar refractivity (Wildman–Crippen MR) is 78.6 cm³/mol. The summed E-state index contributed by atoms with van der Waals surface area (Å²) in [6.07, 6.45) is 0. The summed E-state index contributed by atoms with van der Waals surface area (Å²) < 4.78 is 6.73. The molecule has 0 aliphatic rings. The van der Waals surface area contributed by atoms with Crippen LogP contribution in [-0.2, 0) is 17.2 Å². The number of halogens is 2. The van der Waals surface area contributed by atoms with Crippen molar-refractivity contribution in [1.82, 2.24) is 14.8 Å². The summed E-state index contributed by atoms with van der Waals surface area (Å²) in [6.45, 7) is 0.858. The van der Waals surface area contributed by atoms with Gasteiger partial charge in [0, 0.05) is 24.7 Å². The van der Waals surface area contributed by atoms with Gasteiger partial charge in [0.1, 0.15) is 5.82 Å². The van der Waals surface area contributed by atoms with Gasteiger partial charge in [0.25, 0.3) is 5.69 Å². The first-order chi connectivity index (χ1) is 10.1. The molecule has 0 atom stereocenters. The quantitative estimate of drug-likeness (QED) is 0.462. The molecular formula is C12H12Cl2N4O3. The van der Waals surface area contributed by atoms with Crippen molar-refractivity contribution in [3.05, 3.63) is 39.2 Å². The first kappa shape index (κ1) is 15.7. The summed E-state index contributed by atoms with van der Waals surface area (Å²) in [4.78, 5) is 10.7. The summed E-state index contributed by atoms with van der Waals surface area (Å²) in [5.41, 5.74) is 0.207. The Labute approximate surface area is 130 Å². The smallest absolute Gasteiger partial charge is 0.281 e. The number of nitro benzene ring substituents is 1. The molecule has 0 aliphatic carbocycles. The zero-order valence-corrected chi connectivity index (χ0v) is 12.6. The third-order valence-electron chi connectivity index (χ3n) is 2.86. The number of methoxy groups -OCH3 is 1. The van der Waals surface area contributed by atoms with Gasteiger partial charge in [-0.2, -0.15) is 0 Å². The third kappa shape index (κ3) is 3.31. The lowest BCUT2D eigenvalue weighted by Crippen LogP contribution is -2.09. The molecule has 0 radical (unpaired) electrons. The molecule has 0 saturated carbocycles. The Morgan fingerprint density at radius 1 is 1.43 bits per heavy atom. The number of alkyl halides is 1. The minimum atomic E-state index is -0.503. The average Bonchev–Trinajstić information content (AvgIpc) is 2.87. The first-order valence-corrected chi connectivity index (χ1v) is 6.91. The van der Waals surface area contributed by atoms with E-state index in [2.05, 4.69) is 10.2 Å². The molecular weight excluding hydrogens is 319 g/mol. The van der Waals surface area contributed by atoms with E-state index in [1.54, 1.807) is 23.8 Å². The van der Waals surface area contributed by atoms with E-state index in [1.165, 1.54) is 6.07 Å². The van der Waals surface area contributed by atoms with Crippen molar-refractivity contribution < 1.29 is 9.66 Å². The largest absolute Gasteiger partial charge is 0.383 e. The van der Waals surface area contributed by atoms with Crippen molar-refractivity contribution in [2.45, 2.75) is 12.4 Å². The van der Waals surface area contributed by atoms with Gasteiger partial charge >= 0.3 is 0 Å². The second-order valence-electron chi connectivity index (χ2n) is 4.14. The average molecular weight is 331 g/mol.